The summed E-state index contributed by atoms with van der Waals surface area (Å²) in [6.45, 7) is 2.23. The van der Waals surface area contributed by atoms with E-state index >= 15 is 0 Å². The van der Waals surface area contributed by atoms with Crippen molar-refractivity contribution < 1.29 is 4.79 Å². The number of hydrogen-bond acceptors (Lipinski definition) is 1. The van der Waals surface area contributed by atoms with Crippen LogP contribution in [-0.2, 0) is 4.79 Å². The molecular weight excluding hydrogens is 148 g/mol. The monoisotopic (exact) mass is 168 g/mol. The van der Waals surface area contributed by atoms with Gasteiger partial charge in [0.05, 0.1) is 0 Å². The molecular formula is C11H20O. The molecule has 0 radical (unpaired) electrons. The minimum atomic E-state index is 0.578. The van der Waals surface area contributed by atoms with Crippen LogP contribution in [0.1, 0.15) is 51.9 Å². The maximum absolute atomic E-state index is 9.93. The lowest BCUT2D eigenvalue weighted by atomic mass is 10.1. The van der Waals surface area contributed by atoms with Crippen molar-refractivity contribution in [1.82, 2.24) is 0 Å². The number of rotatable bonds is 8. The number of carbonyl (C=O) groups is 1. The lowest BCUT2D eigenvalue weighted by Crippen LogP contribution is -1.76. The van der Waals surface area contributed by atoms with E-state index in [0.29, 0.717) is 6.42 Å². The Bertz CT molecular complexity index is 116. The first-order chi connectivity index (χ1) is 5.91. The number of allylic oxidation sites excluding steroid dienone is 2. The molecule has 0 heterocycles. The number of hydrogen-bond donors (Lipinski definition) is 0. The Morgan fingerprint density at radius 1 is 1.00 bits per heavy atom. The van der Waals surface area contributed by atoms with E-state index in [9.17, 15) is 4.79 Å². The average Bonchev–Trinajstić information content (AvgIpc) is 2.10. The highest BCUT2D eigenvalue weighted by Crippen LogP contribution is 2.05. The fraction of sp³-hybridized carbons (Fsp3) is 0.727. The van der Waals surface area contributed by atoms with Gasteiger partial charge in [0.2, 0.25) is 0 Å². The number of aldehydes is 1. The first-order valence-electron chi connectivity index (χ1n) is 5.00. The van der Waals surface area contributed by atoms with Gasteiger partial charge in [-0.3, -0.25) is 0 Å². The number of carbonyl (C=O) groups excluding carboxylic acids is 1. The molecule has 0 aromatic rings. The van der Waals surface area contributed by atoms with Crippen molar-refractivity contribution in [1.29, 1.82) is 0 Å². The second-order valence-electron chi connectivity index (χ2n) is 3.08. The zero-order valence-electron chi connectivity index (χ0n) is 8.09. The van der Waals surface area contributed by atoms with Crippen molar-refractivity contribution >= 4 is 6.29 Å². The van der Waals surface area contributed by atoms with Gasteiger partial charge in [0.25, 0.3) is 0 Å². The van der Waals surface area contributed by atoms with Gasteiger partial charge >= 0.3 is 0 Å². The highest BCUT2D eigenvalue weighted by Gasteiger charge is 1.85. The second kappa shape index (κ2) is 10.4. The van der Waals surface area contributed by atoms with E-state index in [1.54, 1.807) is 0 Å². The minimum Gasteiger partial charge on any atom is -0.303 e. The molecule has 0 rings (SSSR count). The predicted molar refractivity (Wildman–Crippen MR) is 53.2 cm³/mol. The summed E-state index contributed by atoms with van der Waals surface area (Å²) in [6, 6.07) is 0. The Balaban J connectivity index is 2.94. The van der Waals surface area contributed by atoms with Gasteiger partial charge in [-0.2, -0.15) is 0 Å². The van der Waals surface area contributed by atoms with E-state index in [1.165, 1.54) is 32.1 Å². The highest BCUT2D eigenvalue weighted by molar-refractivity contribution is 5.51. The molecule has 0 fully saturated rings. The zero-order chi connectivity index (χ0) is 9.07. The molecule has 0 bridgehead atoms. The fourth-order valence-corrected chi connectivity index (χ4v) is 1.14. The van der Waals surface area contributed by atoms with E-state index in [1.807, 2.05) is 6.08 Å². The fourth-order valence-electron chi connectivity index (χ4n) is 1.14. The van der Waals surface area contributed by atoms with Crippen LogP contribution in [0.3, 0.4) is 0 Å². The van der Waals surface area contributed by atoms with E-state index in [4.69, 9.17) is 0 Å². The third kappa shape index (κ3) is 9.41. The van der Waals surface area contributed by atoms with Crippen LogP contribution < -0.4 is 0 Å². The van der Waals surface area contributed by atoms with E-state index < -0.39 is 0 Å². The van der Waals surface area contributed by atoms with Gasteiger partial charge in [0.1, 0.15) is 6.29 Å². The van der Waals surface area contributed by atoms with Crippen LogP contribution in [0.4, 0.5) is 0 Å². The van der Waals surface area contributed by atoms with Crippen LogP contribution in [0.25, 0.3) is 0 Å². The van der Waals surface area contributed by atoms with Crippen molar-refractivity contribution in [3.8, 4) is 0 Å². The molecule has 0 saturated heterocycles. The second-order valence-corrected chi connectivity index (χ2v) is 3.08. The normalized spacial score (nSPS) is 10.8. The van der Waals surface area contributed by atoms with E-state index in [-0.39, 0.29) is 0 Å². The van der Waals surface area contributed by atoms with Gasteiger partial charge in [-0.05, 0) is 12.8 Å². The molecule has 0 unspecified atom stereocenters. The Labute approximate surface area is 75.9 Å². The standard InChI is InChI=1S/C11H20O/c1-2-3-4-5-6-7-8-9-10-11-12/h8-9,11H,2-7,10H2,1H3/b9-8+. The van der Waals surface area contributed by atoms with E-state index in [2.05, 4.69) is 13.0 Å². The molecule has 0 aromatic carbocycles. The summed E-state index contributed by atoms with van der Waals surface area (Å²) in [5, 5.41) is 0. The summed E-state index contributed by atoms with van der Waals surface area (Å²) in [7, 11) is 0. The van der Waals surface area contributed by atoms with Gasteiger partial charge in [0.15, 0.2) is 0 Å². The molecule has 0 atom stereocenters. The van der Waals surface area contributed by atoms with Crippen LogP contribution in [0, 0.1) is 0 Å². The van der Waals surface area contributed by atoms with Crippen molar-refractivity contribution in [2.24, 2.45) is 0 Å². The first kappa shape index (κ1) is 11.4. The van der Waals surface area contributed by atoms with Crippen LogP contribution in [0.15, 0.2) is 12.2 Å². The van der Waals surface area contributed by atoms with Crippen LogP contribution >= 0.6 is 0 Å². The molecule has 0 saturated carbocycles. The van der Waals surface area contributed by atoms with Crippen LogP contribution in [0.5, 0.6) is 0 Å². The molecule has 1 heteroatoms. The molecule has 70 valence electrons. The SMILES string of the molecule is CCCCCCC/C=C/CC=O. The maximum Gasteiger partial charge on any atom is 0.123 e. The molecule has 0 aliphatic rings. The first-order valence-corrected chi connectivity index (χ1v) is 5.00. The van der Waals surface area contributed by atoms with Gasteiger partial charge < -0.3 is 4.79 Å². The van der Waals surface area contributed by atoms with Gasteiger partial charge in [-0.1, -0.05) is 44.8 Å². The summed E-state index contributed by atoms with van der Waals surface area (Å²) in [4.78, 5) is 9.93. The summed E-state index contributed by atoms with van der Waals surface area (Å²) < 4.78 is 0. The van der Waals surface area contributed by atoms with Crippen LogP contribution in [-0.4, -0.2) is 6.29 Å². The molecule has 0 aliphatic carbocycles. The molecule has 1 nitrogen and oxygen atoms in total. The third-order valence-electron chi connectivity index (χ3n) is 1.87. The molecule has 0 aromatic heterocycles. The summed E-state index contributed by atoms with van der Waals surface area (Å²) in [5.74, 6) is 0. The third-order valence-corrected chi connectivity index (χ3v) is 1.87. The van der Waals surface area contributed by atoms with Gasteiger partial charge in [-0.15, -0.1) is 0 Å². The topological polar surface area (TPSA) is 17.1 Å². The lowest BCUT2D eigenvalue weighted by molar-refractivity contribution is -0.107. The molecule has 0 N–H and O–H groups in total. The summed E-state index contributed by atoms with van der Waals surface area (Å²) in [6.07, 6.45) is 13.3. The summed E-state index contributed by atoms with van der Waals surface area (Å²) >= 11 is 0. The Morgan fingerprint density at radius 3 is 2.42 bits per heavy atom. The predicted octanol–water partition coefficient (Wildman–Crippen LogP) is 3.49. The Morgan fingerprint density at radius 2 is 1.75 bits per heavy atom. The lowest BCUT2D eigenvalue weighted by Gasteiger charge is -1.95. The van der Waals surface area contributed by atoms with Crippen molar-refractivity contribution in [2.45, 2.75) is 51.9 Å². The van der Waals surface area contributed by atoms with E-state index in [0.717, 1.165) is 12.7 Å². The molecule has 12 heavy (non-hydrogen) atoms. The van der Waals surface area contributed by atoms with Gasteiger partial charge in [0, 0.05) is 6.42 Å². The Hall–Kier alpha value is -0.590. The van der Waals surface area contributed by atoms with Crippen molar-refractivity contribution in [3.05, 3.63) is 12.2 Å². The maximum atomic E-state index is 9.93. The Kier molecular flexibility index (Phi) is 9.90. The van der Waals surface area contributed by atoms with Crippen molar-refractivity contribution in [3.63, 3.8) is 0 Å². The average molecular weight is 168 g/mol. The van der Waals surface area contributed by atoms with Gasteiger partial charge in [-0.25, -0.2) is 0 Å². The largest absolute Gasteiger partial charge is 0.303 e. The minimum absolute atomic E-state index is 0.578. The molecule has 0 spiro atoms. The molecule has 0 amide bonds. The van der Waals surface area contributed by atoms with Crippen LogP contribution in [0.2, 0.25) is 0 Å². The smallest absolute Gasteiger partial charge is 0.123 e. The number of unbranched alkanes of at least 4 members (excludes halogenated alkanes) is 5. The van der Waals surface area contributed by atoms with Crippen molar-refractivity contribution in [2.75, 3.05) is 0 Å². The molecule has 0 aliphatic heterocycles. The summed E-state index contributed by atoms with van der Waals surface area (Å²) in [5.41, 5.74) is 0. The zero-order valence-corrected chi connectivity index (χ0v) is 8.09. The highest BCUT2D eigenvalue weighted by atomic mass is 16.1. The quantitative estimate of drug-likeness (QED) is 0.308.